The van der Waals surface area contributed by atoms with Gasteiger partial charge >= 0.3 is 6.09 Å². The number of allylic oxidation sites excluding steroid dienone is 1. The third-order valence-electron chi connectivity index (χ3n) is 2.08. The predicted molar refractivity (Wildman–Crippen MR) is 94.0 cm³/mol. The normalized spacial score (nSPS) is 15.4. The average Bonchev–Trinajstić information content (AvgIpc) is 2.39. The molecule has 6 heteroatoms. The van der Waals surface area contributed by atoms with E-state index in [1.807, 2.05) is 48.5 Å². The van der Waals surface area contributed by atoms with Crippen LogP contribution in [0.15, 0.2) is 15.7 Å². The van der Waals surface area contributed by atoms with Gasteiger partial charge in [-0.25, -0.2) is 4.79 Å². The second-order valence-electron chi connectivity index (χ2n) is 4.87. The largest absolute Gasteiger partial charge is 0.444 e. The van der Waals surface area contributed by atoms with Crippen molar-refractivity contribution in [2.24, 2.45) is 10.7 Å². The zero-order valence-corrected chi connectivity index (χ0v) is 15.9. The van der Waals surface area contributed by atoms with Gasteiger partial charge in [-0.1, -0.05) is 27.7 Å². The molecule has 0 aromatic heterocycles. The Hall–Kier alpha value is -1.04. The molecule has 1 rings (SSSR count). The number of nitrogens with two attached hydrogens (primary N) is 1. The fourth-order valence-electron chi connectivity index (χ4n) is 1.24. The highest BCUT2D eigenvalue weighted by Gasteiger charge is 2.33. The Morgan fingerprint density at radius 1 is 1.29 bits per heavy atom. The number of rotatable bonds is 2. The summed E-state index contributed by atoms with van der Waals surface area (Å²) in [5.74, 6) is 0. The molecule has 1 aliphatic rings. The second-order valence-corrected chi connectivity index (χ2v) is 5.78. The maximum Gasteiger partial charge on any atom is 0.410 e. The summed E-state index contributed by atoms with van der Waals surface area (Å²) >= 11 is 3.22. The Morgan fingerprint density at radius 3 is 2.14 bits per heavy atom. The molecule has 0 spiro atoms. The lowest BCUT2D eigenvalue weighted by Gasteiger charge is -2.37. The molecule has 1 fully saturated rings. The SMILES string of the molecule is CC.CC.CC(C)(C)OC(=O)N1CC(N=C/C(Br)=C\N)C1. The van der Waals surface area contributed by atoms with Crippen molar-refractivity contribution >= 4 is 28.2 Å². The van der Waals surface area contributed by atoms with E-state index >= 15 is 0 Å². The quantitative estimate of drug-likeness (QED) is 0.755. The monoisotopic (exact) mass is 363 g/mol. The molecule has 0 bridgehead atoms. The first-order chi connectivity index (χ1) is 9.81. The first-order valence-electron chi connectivity index (χ1n) is 7.40. The summed E-state index contributed by atoms with van der Waals surface area (Å²) in [6.07, 6.45) is 2.79. The first-order valence-corrected chi connectivity index (χ1v) is 8.19. The Labute approximate surface area is 137 Å². The Balaban J connectivity index is 0. The minimum atomic E-state index is -0.448. The van der Waals surface area contributed by atoms with E-state index in [0.29, 0.717) is 13.1 Å². The number of halogens is 1. The summed E-state index contributed by atoms with van der Waals surface area (Å²) in [5.41, 5.74) is 4.83. The minimum absolute atomic E-state index is 0.134. The van der Waals surface area contributed by atoms with E-state index in [-0.39, 0.29) is 12.1 Å². The number of hydrogen-bond acceptors (Lipinski definition) is 4. The van der Waals surface area contributed by atoms with E-state index < -0.39 is 5.60 Å². The first kappa shape index (κ1) is 22.2. The van der Waals surface area contributed by atoms with Crippen LogP contribution in [0.1, 0.15) is 48.5 Å². The van der Waals surface area contributed by atoms with Gasteiger partial charge in [-0.15, -0.1) is 0 Å². The smallest absolute Gasteiger partial charge is 0.410 e. The maximum atomic E-state index is 11.6. The maximum absolute atomic E-state index is 11.6. The molecule has 124 valence electrons. The van der Waals surface area contributed by atoms with Gasteiger partial charge in [0.05, 0.1) is 10.5 Å². The van der Waals surface area contributed by atoms with Crippen LogP contribution in [0.3, 0.4) is 0 Å². The number of ether oxygens (including phenoxy) is 1. The number of carbonyl (C=O) groups is 1. The van der Waals surface area contributed by atoms with Crippen LogP contribution in [-0.2, 0) is 4.74 Å². The minimum Gasteiger partial charge on any atom is -0.444 e. The van der Waals surface area contributed by atoms with Crippen molar-refractivity contribution in [3.05, 3.63) is 10.7 Å². The van der Waals surface area contributed by atoms with Crippen LogP contribution in [0.25, 0.3) is 0 Å². The zero-order chi connectivity index (χ0) is 17.1. The Morgan fingerprint density at radius 2 is 1.76 bits per heavy atom. The fraction of sp³-hybridized carbons (Fsp3) is 0.733. The highest BCUT2D eigenvalue weighted by Crippen LogP contribution is 2.17. The van der Waals surface area contributed by atoms with Crippen LogP contribution < -0.4 is 5.73 Å². The molecule has 0 aliphatic carbocycles. The van der Waals surface area contributed by atoms with Gasteiger partial charge in [0.15, 0.2) is 0 Å². The van der Waals surface area contributed by atoms with Crippen LogP contribution in [0.2, 0.25) is 0 Å². The van der Waals surface area contributed by atoms with Gasteiger partial charge in [0.25, 0.3) is 0 Å². The molecule has 5 nitrogen and oxygen atoms in total. The lowest BCUT2D eigenvalue weighted by molar-refractivity contribution is 0.00911. The van der Waals surface area contributed by atoms with Crippen molar-refractivity contribution in [1.82, 2.24) is 4.90 Å². The highest BCUT2D eigenvalue weighted by atomic mass is 79.9. The summed E-state index contributed by atoms with van der Waals surface area (Å²) in [6.45, 7) is 14.7. The van der Waals surface area contributed by atoms with E-state index in [9.17, 15) is 4.79 Å². The van der Waals surface area contributed by atoms with Gasteiger partial charge in [-0.05, 0) is 36.7 Å². The predicted octanol–water partition coefficient (Wildman–Crippen LogP) is 3.92. The number of aliphatic imine (C=N–C) groups is 1. The van der Waals surface area contributed by atoms with Gasteiger partial charge in [0.1, 0.15) is 5.60 Å². The van der Waals surface area contributed by atoms with Gasteiger partial charge in [0.2, 0.25) is 0 Å². The van der Waals surface area contributed by atoms with Crippen molar-refractivity contribution in [2.75, 3.05) is 13.1 Å². The Kier molecular flexibility index (Phi) is 12.3. The summed E-state index contributed by atoms with van der Waals surface area (Å²) in [4.78, 5) is 17.5. The Bertz CT molecular complexity index is 343. The molecule has 0 radical (unpaired) electrons. The van der Waals surface area contributed by atoms with E-state index in [2.05, 4.69) is 20.9 Å². The van der Waals surface area contributed by atoms with Crippen molar-refractivity contribution in [1.29, 1.82) is 0 Å². The molecule has 0 aromatic rings. The van der Waals surface area contributed by atoms with Crippen LogP contribution in [0.5, 0.6) is 0 Å². The number of carbonyl (C=O) groups excluding carboxylic acids is 1. The number of hydrogen-bond donors (Lipinski definition) is 1. The number of nitrogens with zero attached hydrogens (tertiary/aromatic N) is 2. The van der Waals surface area contributed by atoms with Crippen molar-refractivity contribution in [3.63, 3.8) is 0 Å². The van der Waals surface area contributed by atoms with Crippen LogP contribution in [0, 0.1) is 0 Å². The summed E-state index contributed by atoms with van der Waals surface area (Å²) in [5, 5.41) is 0. The zero-order valence-electron chi connectivity index (χ0n) is 14.3. The van der Waals surface area contributed by atoms with E-state index in [1.165, 1.54) is 6.20 Å². The molecular weight excluding hydrogens is 334 g/mol. The third kappa shape index (κ3) is 10.3. The third-order valence-corrected chi connectivity index (χ3v) is 2.55. The van der Waals surface area contributed by atoms with Gasteiger partial charge in [-0.2, -0.15) is 0 Å². The molecule has 2 N–H and O–H groups in total. The molecule has 0 unspecified atom stereocenters. The molecule has 0 aromatic carbocycles. The topological polar surface area (TPSA) is 67.9 Å². The van der Waals surface area contributed by atoms with Gasteiger partial charge in [0, 0.05) is 25.5 Å². The summed E-state index contributed by atoms with van der Waals surface area (Å²) in [6, 6.07) is 0.134. The van der Waals surface area contributed by atoms with Crippen LogP contribution >= 0.6 is 15.9 Å². The average molecular weight is 364 g/mol. The number of amides is 1. The number of likely N-dealkylation sites (tertiary alicyclic amines) is 1. The molecule has 1 aliphatic heterocycles. The fourth-order valence-corrected chi connectivity index (χ4v) is 1.36. The molecule has 1 saturated heterocycles. The molecule has 1 amide bonds. The molecular formula is C15H30BrN3O2. The summed E-state index contributed by atoms with van der Waals surface area (Å²) in [7, 11) is 0. The molecule has 1 heterocycles. The van der Waals surface area contributed by atoms with Gasteiger partial charge < -0.3 is 15.4 Å². The summed E-state index contributed by atoms with van der Waals surface area (Å²) < 4.78 is 5.96. The van der Waals surface area contributed by atoms with Crippen molar-refractivity contribution in [3.8, 4) is 0 Å². The van der Waals surface area contributed by atoms with E-state index in [4.69, 9.17) is 10.5 Å². The highest BCUT2D eigenvalue weighted by molar-refractivity contribution is 9.12. The lowest BCUT2D eigenvalue weighted by atomic mass is 10.1. The van der Waals surface area contributed by atoms with E-state index in [1.54, 1.807) is 11.1 Å². The second kappa shape index (κ2) is 11.6. The van der Waals surface area contributed by atoms with Gasteiger partial charge in [-0.3, -0.25) is 4.99 Å². The van der Waals surface area contributed by atoms with Crippen molar-refractivity contribution in [2.45, 2.75) is 60.1 Å². The van der Waals surface area contributed by atoms with E-state index in [0.717, 1.165) is 4.48 Å². The van der Waals surface area contributed by atoms with Crippen LogP contribution in [-0.4, -0.2) is 41.9 Å². The molecule has 0 saturated carbocycles. The van der Waals surface area contributed by atoms with Crippen molar-refractivity contribution < 1.29 is 9.53 Å². The molecule has 0 atom stereocenters. The molecule has 21 heavy (non-hydrogen) atoms. The standard InChI is InChI=1S/C11H18BrN3O2.2C2H6/c1-11(2,3)17-10(16)15-6-9(7-15)14-5-8(12)4-13;2*1-2/h4-5,9H,6-7,13H2,1-3H3;2*1-2H3/b8-4+,14-5?;;. The van der Waals surface area contributed by atoms with Crippen LogP contribution in [0.4, 0.5) is 4.79 Å². The lowest BCUT2D eigenvalue weighted by Crippen LogP contribution is -2.54.